The summed E-state index contributed by atoms with van der Waals surface area (Å²) in [5.41, 5.74) is 0.335. The number of ether oxygens (including phenoxy) is 3. The van der Waals surface area contributed by atoms with Gasteiger partial charge >= 0.3 is 6.09 Å². The van der Waals surface area contributed by atoms with Gasteiger partial charge in [-0.1, -0.05) is 30.3 Å². The Hall–Kier alpha value is -2.12. The van der Waals surface area contributed by atoms with E-state index in [9.17, 15) is 9.59 Å². The first-order chi connectivity index (χ1) is 13.2. The van der Waals surface area contributed by atoms with E-state index in [-0.39, 0.29) is 12.0 Å². The Morgan fingerprint density at radius 1 is 1.25 bits per heavy atom. The minimum absolute atomic E-state index is 0.0201. The second-order valence-corrected chi connectivity index (χ2v) is 8.01. The third kappa shape index (κ3) is 7.86. The zero-order valence-electron chi connectivity index (χ0n) is 17.2. The fourth-order valence-corrected chi connectivity index (χ4v) is 2.86. The number of alkyl carbamates (subject to hydrolysis) is 1. The summed E-state index contributed by atoms with van der Waals surface area (Å²) in [5.74, 6) is -0.318. The van der Waals surface area contributed by atoms with Gasteiger partial charge in [-0.15, -0.1) is 0 Å². The molecule has 1 saturated heterocycles. The highest BCUT2D eigenvalue weighted by Gasteiger charge is 2.30. The number of hydrogen-bond donors (Lipinski definition) is 2. The van der Waals surface area contributed by atoms with Gasteiger partial charge in [-0.2, -0.15) is 0 Å². The molecular weight excluding hydrogens is 360 g/mol. The molecule has 3 atom stereocenters. The van der Waals surface area contributed by atoms with Crippen LogP contribution < -0.4 is 10.6 Å². The molecule has 1 aromatic rings. The SMILES string of the molecule is C[C@H](OCc1ccccc1)[C@H](NC(=O)OC(C)(C)C)C(=O)NC[C@@H]1CCCO1. The van der Waals surface area contributed by atoms with Gasteiger partial charge in [0.1, 0.15) is 11.6 Å². The van der Waals surface area contributed by atoms with Crippen LogP contribution in [0.3, 0.4) is 0 Å². The number of carbonyl (C=O) groups is 2. The highest BCUT2D eigenvalue weighted by atomic mass is 16.6. The summed E-state index contributed by atoms with van der Waals surface area (Å²) >= 11 is 0. The van der Waals surface area contributed by atoms with Crippen LogP contribution in [0.5, 0.6) is 0 Å². The van der Waals surface area contributed by atoms with Crippen molar-refractivity contribution >= 4 is 12.0 Å². The van der Waals surface area contributed by atoms with E-state index < -0.39 is 23.8 Å². The van der Waals surface area contributed by atoms with Gasteiger partial charge in [-0.25, -0.2) is 4.79 Å². The van der Waals surface area contributed by atoms with Crippen molar-refractivity contribution in [1.82, 2.24) is 10.6 Å². The molecular formula is C21H32N2O5. The van der Waals surface area contributed by atoms with E-state index in [1.165, 1.54) is 0 Å². The largest absolute Gasteiger partial charge is 0.444 e. The van der Waals surface area contributed by atoms with Gasteiger partial charge in [0.2, 0.25) is 5.91 Å². The number of benzene rings is 1. The Balaban J connectivity index is 1.96. The number of rotatable bonds is 8. The fourth-order valence-electron chi connectivity index (χ4n) is 2.86. The summed E-state index contributed by atoms with van der Waals surface area (Å²) in [6, 6.07) is 8.79. The summed E-state index contributed by atoms with van der Waals surface area (Å²) in [6.07, 6.45) is 0.741. The molecule has 7 heteroatoms. The van der Waals surface area contributed by atoms with Crippen molar-refractivity contribution in [3.05, 3.63) is 35.9 Å². The van der Waals surface area contributed by atoms with Gasteiger partial charge in [0.15, 0.2) is 0 Å². The molecule has 7 nitrogen and oxygen atoms in total. The van der Waals surface area contributed by atoms with Crippen LogP contribution in [0.4, 0.5) is 4.79 Å². The number of nitrogens with one attached hydrogen (secondary N) is 2. The summed E-state index contributed by atoms with van der Waals surface area (Å²) in [4.78, 5) is 25.0. The molecule has 2 N–H and O–H groups in total. The maximum atomic E-state index is 12.7. The molecule has 1 aliphatic heterocycles. The lowest BCUT2D eigenvalue weighted by Crippen LogP contribution is -2.54. The van der Waals surface area contributed by atoms with Crippen LogP contribution in [0, 0.1) is 0 Å². The molecule has 28 heavy (non-hydrogen) atoms. The molecule has 1 aliphatic rings. The standard InChI is InChI=1S/C21H32N2O5/c1-15(27-14-16-9-6-5-7-10-16)18(23-20(25)28-21(2,3)4)19(24)22-13-17-11-8-12-26-17/h5-7,9-10,15,17-18H,8,11-14H2,1-4H3,(H,22,24)(H,23,25)/t15-,17-,18-/m0/s1. The van der Waals surface area contributed by atoms with Crippen LogP contribution in [-0.4, -0.2) is 49.0 Å². The molecule has 0 aromatic heterocycles. The first kappa shape index (κ1) is 22.2. The van der Waals surface area contributed by atoms with Crippen molar-refractivity contribution in [3.63, 3.8) is 0 Å². The maximum Gasteiger partial charge on any atom is 0.408 e. The van der Waals surface area contributed by atoms with Crippen molar-refractivity contribution < 1.29 is 23.8 Å². The normalized spacial score (nSPS) is 18.9. The Labute approximate surface area is 167 Å². The molecule has 0 spiro atoms. The summed E-state index contributed by atoms with van der Waals surface area (Å²) in [6.45, 7) is 8.55. The van der Waals surface area contributed by atoms with Gasteiger partial charge in [0.05, 0.1) is 18.8 Å². The van der Waals surface area contributed by atoms with Gasteiger partial charge in [-0.3, -0.25) is 4.79 Å². The lowest BCUT2D eigenvalue weighted by Gasteiger charge is -2.27. The number of hydrogen-bond acceptors (Lipinski definition) is 5. The monoisotopic (exact) mass is 392 g/mol. The molecule has 2 rings (SSSR count). The Morgan fingerprint density at radius 3 is 2.57 bits per heavy atom. The Bertz CT molecular complexity index is 623. The van der Waals surface area contributed by atoms with E-state index >= 15 is 0 Å². The van der Waals surface area contributed by atoms with Crippen molar-refractivity contribution in [2.45, 2.75) is 71.0 Å². The molecule has 0 radical (unpaired) electrons. The highest BCUT2D eigenvalue weighted by molar-refractivity contribution is 5.86. The van der Waals surface area contributed by atoms with Gasteiger partial charge in [-0.05, 0) is 46.1 Å². The Morgan fingerprint density at radius 2 is 1.96 bits per heavy atom. The second-order valence-electron chi connectivity index (χ2n) is 8.01. The second kappa shape index (κ2) is 10.4. The van der Waals surface area contributed by atoms with Gasteiger partial charge < -0.3 is 24.8 Å². The Kier molecular flexibility index (Phi) is 8.26. The van der Waals surface area contributed by atoms with Crippen LogP contribution in [0.1, 0.15) is 46.1 Å². The topological polar surface area (TPSA) is 85.9 Å². The van der Waals surface area contributed by atoms with Crippen LogP contribution in [0.2, 0.25) is 0 Å². The third-order valence-corrected chi connectivity index (χ3v) is 4.31. The smallest absolute Gasteiger partial charge is 0.408 e. The lowest BCUT2D eigenvalue weighted by molar-refractivity contribution is -0.127. The van der Waals surface area contributed by atoms with E-state index in [0.29, 0.717) is 13.2 Å². The molecule has 1 aromatic carbocycles. The average Bonchev–Trinajstić information content (AvgIpc) is 3.15. The minimum atomic E-state index is -0.875. The summed E-state index contributed by atoms with van der Waals surface area (Å²) in [5, 5.41) is 5.50. The minimum Gasteiger partial charge on any atom is -0.444 e. The average molecular weight is 392 g/mol. The van der Waals surface area contributed by atoms with Crippen molar-refractivity contribution in [1.29, 1.82) is 0 Å². The molecule has 2 amide bonds. The van der Waals surface area contributed by atoms with Crippen LogP contribution in [0.15, 0.2) is 30.3 Å². The maximum absolute atomic E-state index is 12.7. The predicted octanol–water partition coefficient (Wildman–Crippen LogP) is 2.78. The quantitative estimate of drug-likeness (QED) is 0.710. The molecule has 0 unspecified atom stereocenters. The zero-order chi connectivity index (χ0) is 20.6. The van der Waals surface area contributed by atoms with Crippen LogP contribution >= 0.6 is 0 Å². The molecule has 156 valence electrons. The third-order valence-electron chi connectivity index (χ3n) is 4.31. The summed E-state index contributed by atoms with van der Waals surface area (Å²) in [7, 11) is 0. The zero-order valence-corrected chi connectivity index (χ0v) is 17.2. The van der Waals surface area contributed by atoms with Gasteiger partial charge in [0, 0.05) is 13.2 Å². The van der Waals surface area contributed by atoms with Crippen molar-refractivity contribution in [2.24, 2.45) is 0 Å². The van der Waals surface area contributed by atoms with E-state index in [2.05, 4.69) is 10.6 Å². The lowest BCUT2D eigenvalue weighted by atomic mass is 10.1. The molecule has 1 heterocycles. The fraction of sp³-hybridized carbons (Fsp3) is 0.619. The molecule has 1 fully saturated rings. The summed E-state index contributed by atoms with van der Waals surface area (Å²) < 4.78 is 16.7. The predicted molar refractivity (Wildman–Crippen MR) is 106 cm³/mol. The molecule has 0 bridgehead atoms. The van der Waals surface area contributed by atoms with E-state index in [0.717, 1.165) is 25.0 Å². The highest BCUT2D eigenvalue weighted by Crippen LogP contribution is 2.12. The van der Waals surface area contributed by atoms with E-state index in [1.807, 2.05) is 30.3 Å². The van der Waals surface area contributed by atoms with Gasteiger partial charge in [0.25, 0.3) is 0 Å². The van der Waals surface area contributed by atoms with E-state index in [4.69, 9.17) is 14.2 Å². The van der Waals surface area contributed by atoms with Crippen LogP contribution in [-0.2, 0) is 25.6 Å². The number of carbonyl (C=O) groups excluding carboxylic acids is 2. The number of amides is 2. The van der Waals surface area contributed by atoms with Crippen LogP contribution in [0.25, 0.3) is 0 Å². The van der Waals surface area contributed by atoms with E-state index in [1.54, 1.807) is 27.7 Å². The van der Waals surface area contributed by atoms with Crippen molar-refractivity contribution in [2.75, 3.05) is 13.2 Å². The molecule has 0 aliphatic carbocycles. The first-order valence-corrected chi connectivity index (χ1v) is 9.79. The van der Waals surface area contributed by atoms with Crippen molar-refractivity contribution in [3.8, 4) is 0 Å². The molecule has 0 saturated carbocycles. The first-order valence-electron chi connectivity index (χ1n) is 9.79.